The van der Waals surface area contributed by atoms with Crippen molar-refractivity contribution in [3.8, 4) is 5.88 Å². The third-order valence-corrected chi connectivity index (χ3v) is 2.52. The highest BCUT2D eigenvalue weighted by molar-refractivity contribution is 9.10. The van der Waals surface area contributed by atoms with E-state index in [1.807, 2.05) is 6.07 Å². The van der Waals surface area contributed by atoms with Crippen molar-refractivity contribution in [2.24, 2.45) is 5.73 Å². The normalized spacial score (nSPS) is 10.2. The number of halogens is 1. The molecule has 0 aliphatic carbocycles. The Balaban J connectivity index is 3.18. The Morgan fingerprint density at radius 2 is 2.31 bits per heavy atom. The first kappa shape index (κ1) is 10.5. The fourth-order valence-electron chi connectivity index (χ4n) is 1.12. The van der Waals surface area contributed by atoms with Crippen LogP contribution in [0.1, 0.15) is 18.2 Å². The molecule has 72 valence electrons. The second kappa shape index (κ2) is 4.58. The van der Waals surface area contributed by atoms with E-state index in [0.29, 0.717) is 12.4 Å². The zero-order valence-corrected chi connectivity index (χ0v) is 9.39. The fourth-order valence-corrected chi connectivity index (χ4v) is 1.76. The average Bonchev–Trinajstić information content (AvgIpc) is 2.17. The van der Waals surface area contributed by atoms with Gasteiger partial charge in [0.25, 0.3) is 0 Å². The molecule has 0 fully saturated rings. The highest BCUT2D eigenvalue weighted by Crippen LogP contribution is 2.23. The Morgan fingerprint density at radius 1 is 1.62 bits per heavy atom. The van der Waals surface area contributed by atoms with Gasteiger partial charge in [0.2, 0.25) is 5.88 Å². The largest absolute Gasteiger partial charge is 0.481 e. The maximum Gasteiger partial charge on any atom is 0.217 e. The summed E-state index contributed by atoms with van der Waals surface area (Å²) in [6, 6.07) is 1.96. The van der Waals surface area contributed by atoms with Crippen LogP contribution in [0.5, 0.6) is 5.88 Å². The molecule has 0 amide bonds. The van der Waals surface area contributed by atoms with E-state index in [4.69, 9.17) is 10.5 Å². The minimum Gasteiger partial charge on any atom is -0.481 e. The Kier molecular flexibility index (Phi) is 3.69. The molecule has 0 radical (unpaired) electrons. The van der Waals surface area contributed by atoms with Crippen LogP contribution in [0.15, 0.2) is 10.5 Å². The molecule has 13 heavy (non-hydrogen) atoms. The van der Waals surface area contributed by atoms with Gasteiger partial charge in [-0.25, -0.2) is 4.98 Å². The lowest BCUT2D eigenvalue weighted by Crippen LogP contribution is -2.04. The van der Waals surface area contributed by atoms with Crippen molar-refractivity contribution in [3.05, 3.63) is 21.8 Å². The molecule has 4 heteroatoms. The Bertz CT molecular complexity index is 302. The number of methoxy groups -OCH3 is 1. The van der Waals surface area contributed by atoms with Crippen molar-refractivity contribution in [1.29, 1.82) is 0 Å². The molecular formula is C9H13BrN2O. The van der Waals surface area contributed by atoms with Gasteiger partial charge < -0.3 is 10.5 Å². The van der Waals surface area contributed by atoms with Crippen LogP contribution >= 0.6 is 15.9 Å². The fraction of sp³-hybridized carbons (Fsp3) is 0.444. The van der Waals surface area contributed by atoms with Crippen molar-refractivity contribution in [2.45, 2.75) is 19.9 Å². The van der Waals surface area contributed by atoms with Crippen LogP contribution in [-0.4, -0.2) is 12.1 Å². The molecule has 1 aromatic heterocycles. The molecule has 0 bridgehead atoms. The summed E-state index contributed by atoms with van der Waals surface area (Å²) in [7, 11) is 1.61. The number of nitrogens with zero attached hydrogens (tertiary/aromatic N) is 1. The first-order valence-electron chi connectivity index (χ1n) is 4.15. The third-order valence-electron chi connectivity index (χ3n) is 1.84. The van der Waals surface area contributed by atoms with E-state index in [2.05, 4.69) is 27.8 Å². The maximum absolute atomic E-state index is 5.55. The summed E-state index contributed by atoms with van der Waals surface area (Å²) in [5.41, 5.74) is 7.46. The molecule has 1 rings (SSSR count). The SMILES string of the molecule is CCc1nc(OC)c(CN)cc1Br. The number of aromatic nitrogens is 1. The number of hydrogen-bond donors (Lipinski definition) is 1. The predicted molar refractivity (Wildman–Crippen MR) is 55.8 cm³/mol. The molecular weight excluding hydrogens is 232 g/mol. The lowest BCUT2D eigenvalue weighted by atomic mass is 10.2. The van der Waals surface area contributed by atoms with E-state index in [1.54, 1.807) is 7.11 Å². The monoisotopic (exact) mass is 244 g/mol. The second-order valence-electron chi connectivity index (χ2n) is 2.64. The number of hydrogen-bond acceptors (Lipinski definition) is 3. The molecule has 1 aromatic rings. The van der Waals surface area contributed by atoms with Gasteiger partial charge in [-0.2, -0.15) is 0 Å². The summed E-state index contributed by atoms with van der Waals surface area (Å²) in [4.78, 5) is 4.33. The zero-order valence-electron chi connectivity index (χ0n) is 7.80. The maximum atomic E-state index is 5.55. The summed E-state index contributed by atoms with van der Waals surface area (Å²) in [6.45, 7) is 2.49. The van der Waals surface area contributed by atoms with Gasteiger partial charge in [-0.3, -0.25) is 0 Å². The van der Waals surface area contributed by atoms with Crippen LogP contribution in [0.25, 0.3) is 0 Å². The van der Waals surface area contributed by atoms with Crippen molar-refractivity contribution in [3.63, 3.8) is 0 Å². The summed E-state index contributed by atoms with van der Waals surface area (Å²) >= 11 is 3.44. The number of pyridine rings is 1. The predicted octanol–water partition coefficient (Wildman–Crippen LogP) is 1.87. The Hall–Kier alpha value is -0.610. The molecule has 0 aliphatic heterocycles. The summed E-state index contributed by atoms with van der Waals surface area (Å²) < 4.78 is 6.12. The molecule has 3 nitrogen and oxygen atoms in total. The van der Waals surface area contributed by atoms with E-state index in [-0.39, 0.29) is 0 Å². The van der Waals surface area contributed by atoms with Crippen molar-refractivity contribution in [2.75, 3.05) is 7.11 Å². The van der Waals surface area contributed by atoms with Gasteiger partial charge in [0.1, 0.15) is 0 Å². The molecule has 0 atom stereocenters. The number of nitrogens with two attached hydrogens (primary N) is 1. The van der Waals surface area contributed by atoms with E-state index < -0.39 is 0 Å². The smallest absolute Gasteiger partial charge is 0.217 e. The first-order chi connectivity index (χ1) is 6.22. The molecule has 0 spiro atoms. The van der Waals surface area contributed by atoms with Crippen LogP contribution in [0.3, 0.4) is 0 Å². The van der Waals surface area contributed by atoms with Crippen LogP contribution in [0.4, 0.5) is 0 Å². The van der Waals surface area contributed by atoms with E-state index in [1.165, 1.54) is 0 Å². The summed E-state index contributed by atoms with van der Waals surface area (Å²) in [6.07, 6.45) is 0.877. The third kappa shape index (κ3) is 2.19. The molecule has 0 aliphatic rings. The molecule has 1 heterocycles. The topological polar surface area (TPSA) is 48.1 Å². The average molecular weight is 245 g/mol. The number of ether oxygens (including phenoxy) is 1. The van der Waals surface area contributed by atoms with E-state index >= 15 is 0 Å². The molecule has 0 saturated heterocycles. The number of rotatable bonds is 3. The van der Waals surface area contributed by atoms with E-state index in [9.17, 15) is 0 Å². The standard InChI is InChI=1S/C9H13BrN2O/c1-3-8-7(10)4-6(5-11)9(12-8)13-2/h4H,3,5,11H2,1-2H3. The molecule has 0 saturated carbocycles. The summed E-state index contributed by atoms with van der Waals surface area (Å²) in [5, 5.41) is 0. The second-order valence-corrected chi connectivity index (χ2v) is 3.50. The lowest BCUT2D eigenvalue weighted by Gasteiger charge is -2.08. The Labute approximate surface area is 86.4 Å². The van der Waals surface area contributed by atoms with Crippen LogP contribution < -0.4 is 10.5 Å². The van der Waals surface area contributed by atoms with Crippen LogP contribution in [-0.2, 0) is 13.0 Å². The van der Waals surface area contributed by atoms with Crippen molar-refractivity contribution >= 4 is 15.9 Å². The van der Waals surface area contributed by atoms with Gasteiger partial charge in [-0.1, -0.05) is 6.92 Å². The highest BCUT2D eigenvalue weighted by Gasteiger charge is 2.07. The zero-order chi connectivity index (χ0) is 9.84. The quantitative estimate of drug-likeness (QED) is 0.884. The highest BCUT2D eigenvalue weighted by atomic mass is 79.9. The minimum atomic E-state index is 0.443. The van der Waals surface area contributed by atoms with Crippen molar-refractivity contribution < 1.29 is 4.74 Å². The minimum absolute atomic E-state index is 0.443. The molecule has 0 aromatic carbocycles. The van der Waals surface area contributed by atoms with Gasteiger partial charge in [-0.15, -0.1) is 0 Å². The van der Waals surface area contributed by atoms with Gasteiger partial charge in [0.15, 0.2) is 0 Å². The Morgan fingerprint density at radius 3 is 2.77 bits per heavy atom. The van der Waals surface area contributed by atoms with Gasteiger partial charge >= 0.3 is 0 Å². The number of aryl methyl sites for hydroxylation is 1. The van der Waals surface area contributed by atoms with Gasteiger partial charge in [0, 0.05) is 16.6 Å². The summed E-state index contributed by atoms with van der Waals surface area (Å²) in [5.74, 6) is 0.627. The first-order valence-corrected chi connectivity index (χ1v) is 4.94. The van der Waals surface area contributed by atoms with Crippen LogP contribution in [0.2, 0.25) is 0 Å². The van der Waals surface area contributed by atoms with E-state index in [0.717, 1.165) is 22.2 Å². The van der Waals surface area contributed by atoms with Crippen LogP contribution in [0, 0.1) is 0 Å². The van der Waals surface area contributed by atoms with Gasteiger partial charge in [0.05, 0.1) is 12.8 Å². The van der Waals surface area contributed by atoms with Crippen molar-refractivity contribution in [1.82, 2.24) is 4.98 Å². The van der Waals surface area contributed by atoms with Gasteiger partial charge in [-0.05, 0) is 28.4 Å². The molecule has 2 N–H and O–H groups in total. The lowest BCUT2D eigenvalue weighted by molar-refractivity contribution is 0.391. The molecule has 0 unspecified atom stereocenters.